The van der Waals surface area contributed by atoms with Crippen LogP contribution < -0.4 is 16.2 Å². The zero-order chi connectivity index (χ0) is 28.6. The summed E-state index contributed by atoms with van der Waals surface area (Å²) in [4.78, 5) is 17.8. The van der Waals surface area contributed by atoms with Crippen molar-refractivity contribution in [2.45, 2.75) is 57.5 Å². The van der Waals surface area contributed by atoms with Crippen molar-refractivity contribution in [3.63, 3.8) is 0 Å². The van der Waals surface area contributed by atoms with Crippen molar-refractivity contribution in [1.82, 2.24) is 24.4 Å². The molecule has 2 unspecified atom stereocenters. The number of aryl methyl sites for hydroxylation is 2. The molecule has 0 radical (unpaired) electrons. The largest absolute Gasteiger partial charge is 0.381 e. The summed E-state index contributed by atoms with van der Waals surface area (Å²) in [5.74, 6) is 2.30. The SMILES string of the molecule is C1CCOC1.Cc1nc2c(N3CCN(C(c4ccc(F)c(F)c4)C4CC(F)(F)C4)CC3C)nc(NN)nc2n1C. The molecule has 2 aromatic heterocycles. The number of hydrogen-bond donors (Lipinski definition) is 2. The zero-order valence-electron chi connectivity index (χ0n) is 23.0. The lowest BCUT2D eigenvalue weighted by Gasteiger charge is -2.49. The van der Waals surface area contributed by atoms with Gasteiger partial charge in [0.1, 0.15) is 5.82 Å². The van der Waals surface area contributed by atoms with Crippen LogP contribution >= 0.6 is 0 Å². The van der Waals surface area contributed by atoms with Crippen LogP contribution in [0.1, 0.15) is 50.0 Å². The third-order valence-corrected chi connectivity index (χ3v) is 8.06. The molecule has 0 spiro atoms. The van der Waals surface area contributed by atoms with E-state index in [-0.39, 0.29) is 30.7 Å². The quantitative estimate of drug-likeness (QED) is 0.269. The Morgan fingerprint density at radius 3 is 2.38 bits per heavy atom. The number of nitrogen functional groups attached to an aromatic ring is 1. The molecule has 3 aliphatic rings. The number of fused-ring (bicyclic) bond motifs is 1. The van der Waals surface area contributed by atoms with Gasteiger partial charge in [-0.05, 0) is 50.3 Å². The summed E-state index contributed by atoms with van der Waals surface area (Å²) in [5.41, 5.74) is 4.32. The van der Waals surface area contributed by atoms with E-state index in [9.17, 15) is 17.6 Å². The Labute approximate surface area is 230 Å². The van der Waals surface area contributed by atoms with E-state index < -0.39 is 23.6 Å². The third-order valence-electron chi connectivity index (χ3n) is 8.06. The average molecular weight is 565 g/mol. The highest BCUT2D eigenvalue weighted by Gasteiger charge is 2.50. The Hall–Kier alpha value is -3.03. The van der Waals surface area contributed by atoms with E-state index in [4.69, 9.17) is 10.6 Å². The highest BCUT2D eigenvalue weighted by Crippen LogP contribution is 2.50. The first-order valence-corrected chi connectivity index (χ1v) is 13.7. The van der Waals surface area contributed by atoms with Crippen LogP contribution in [0.3, 0.4) is 0 Å². The number of alkyl halides is 2. The molecule has 2 atom stereocenters. The number of nitrogens with two attached hydrogens (primary N) is 1. The van der Waals surface area contributed by atoms with Gasteiger partial charge in [-0.1, -0.05) is 6.07 Å². The van der Waals surface area contributed by atoms with Crippen LogP contribution in [0.15, 0.2) is 18.2 Å². The van der Waals surface area contributed by atoms with Gasteiger partial charge in [0.25, 0.3) is 0 Å². The van der Waals surface area contributed by atoms with Gasteiger partial charge in [-0.2, -0.15) is 9.97 Å². The van der Waals surface area contributed by atoms with Crippen LogP contribution in [-0.4, -0.2) is 69.2 Å². The van der Waals surface area contributed by atoms with Gasteiger partial charge in [-0.15, -0.1) is 0 Å². The van der Waals surface area contributed by atoms with Gasteiger partial charge in [-0.3, -0.25) is 10.3 Å². The Bertz CT molecular complexity index is 1330. The van der Waals surface area contributed by atoms with E-state index in [0.717, 1.165) is 31.2 Å². The molecule has 6 rings (SSSR count). The summed E-state index contributed by atoms with van der Waals surface area (Å²) in [7, 11) is 1.87. The fraction of sp³-hybridized carbons (Fsp3) is 0.593. The van der Waals surface area contributed by atoms with E-state index in [0.29, 0.717) is 42.2 Å². The van der Waals surface area contributed by atoms with Crippen molar-refractivity contribution in [1.29, 1.82) is 0 Å². The molecule has 1 aliphatic carbocycles. The molecule has 3 aromatic rings. The lowest BCUT2D eigenvalue weighted by atomic mass is 9.73. The molecular formula is C27H36F4N8O. The smallest absolute Gasteiger partial charge is 0.248 e. The Balaban J connectivity index is 0.000000582. The second-order valence-corrected chi connectivity index (χ2v) is 10.9. The van der Waals surface area contributed by atoms with Crippen molar-refractivity contribution in [3.05, 3.63) is 41.2 Å². The molecule has 9 nitrogen and oxygen atoms in total. The van der Waals surface area contributed by atoms with Crippen LogP contribution in [0.2, 0.25) is 0 Å². The number of hydrazine groups is 1. The number of benzene rings is 1. The number of aromatic nitrogens is 4. The second-order valence-electron chi connectivity index (χ2n) is 10.9. The summed E-state index contributed by atoms with van der Waals surface area (Å²) >= 11 is 0. The van der Waals surface area contributed by atoms with Crippen LogP contribution in [0.25, 0.3) is 11.2 Å². The lowest BCUT2D eigenvalue weighted by Crippen LogP contribution is -2.56. The lowest BCUT2D eigenvalue weighted by molar-refractivity contribution is -0.133. The normalized spacial score (nSPS) is 22.1. The van der Waals surface area contributed by atoms with Crippen LogP contribution in [0, 0.1) is 24.5 Å². The van der Waals surface area contributed by atoms with Crippen LogP contribution in [-0.2, 0) is 11.8 Å². The predicted molar refractivity (Wildman–Crippen MR) is 144 cm³/mol. The number of imidazole rings is 1. The fourth-order valence-corrected chi connectivity index (χ4v) is 5.89. The minimum Gasteiger partial charge on any atom is -0.381 e. The van der Waals surface area contributed by atoms with E-state index in [1.807, 2.05) is 25.5 Å². The van der Waals surface area contributed by atoms with Crippen molar-refractivity contribution >= 4 is 22.9 Å². The monoisotopic (exact) mass is 564 g/mol. The number of piperazine rings is 1. The maximum atomic E-state index is 14.1. The first kappa shape index (κ1) is 28.5. The summed E-state index contributed by atoms with van der Waals surface area (Å²) in [6.07, 6.45) is 2.02. The Kier molecular flexibility index (Phi) is 8.16. The topological polar surface area (TPSA) is 97.4 Å². The molecule has 1 aromatic carbocycles. The first-order chi connectivity index (χ1) is 19.1. The minimum atomic E-state index is -2.72. The molecule has 2 saturated heterocycles. The molecule has 1 saturated carbocycles. The highest BCUT2D eigenvalue weighted by molar-refractivity contribution is 5.85. The van der Waals surface area contributed by atoms with E-state index in [2.05, 4.69) is 30.2 Å². The molecule has 40 heavy (non-hydrogen) atoms. The van der Waals surface area contributed by atoms with E-state index >= 15 is 0 Å². The predicted octanol–water partition coefficient (Wildman–Crippen LogP) is 4.33. The van der Waals surface area contributed by atoms with E-state index in [1.165, 1.54) is 18.9 Å². The molecular weight excluding hydrogens is 528 g/mol. The molecule has 4 heterocycles. The maximum absolute atomic E-state index is 14.1. The summed E-state index contributed by atoms with van der Waals surface area (Å²) in [6.45, 7) is 7.48. The van der Waals surface area contributed by atoms with Crippen molar-refractivity contribution in [2.24, 2.45) is 18.8 Å². The number of nitrogens with zero attached hydrogens (tertiary/aromatic N) is 6. The minimum absolute atomic E-state index is 0.0665. The van der Waals surface area contributed by atoms with Gasteiger partial charge >= 0.3 is 0 Å². The summed E-state index contributed by atoms with van der Waals surface area (Å²) < 4.78 is 62.0. The zero-order valence-corrected chi connectivity index (χ0v) is 23.0. The molecule has 3 N–H and O–H groups in total. The van der Waals surface area contributed by atoms with Crippen LogP contribution in [0.4, 0.5) is 29.3 Å². The highest BCUT2D eigenvalue weighted by atomic mass is 19.3. The molecule has 13 heteroatoms. The van der Waals surface area contributed by atoms with E-state index in [1.54, 1.807) is 0 Å². The number of ether oxygens (including phenoxy) is 1. The number of halogens is 4. The standard InChI is InChI=1S/C23H28F4N8.C4H8O/c1-12-11-34(19(15-9-23(26,27)10-15)14-4-5-16(24)17(25)8-14)6-7-35(12)21-18-20(30-22(31-21)32-28)33(3)13(2)29-18;1-2-4-5-3-1/h4-5,8,12,15,19H,6-7,9-11,28H2,1-3H3,(H,30,31,32);1-4H2. The van der Waals surface area contributed by atoms with Gasteiger partial charge in [0, 0.05) is 64.8 Å². The average Bonchev–Trinajstić information content (AvgIpc) is 3.58. The number of hydrogen-bond acceptors (Lipinski definition) is 8. The van der Waals surface area contributed by atoms with Crippen LogP contribution in [0.5, 0.6) is 0 Å². The Morgan fingerprint density at radius 2 is 1.80 bits per heavy atom. The third kappa shape index (κ3) is 5.72. The number of rotatable bonds is 5. The second kappa shape index (κ2) is 11.5. The maximum Gasteiger partial charge on any atom is 0.248 e. The van der Waals surface area contributed by atoms with Gasteiger partial charge in [0.2, 0.25) is 11.9 Å². The molecule has 0 bridgehead atoms. The molecule has 2 aliphatic heterocycles. The van der Waals surface area contributed by atoms with Gasteiger partial charge in [0.15, 0.2) is 28.6 Å². The summed E-state index contributed by atoms with van der Waals surface area (Å²) in [6, 6.07) is 3.20. The van der Waals surface area contributed by atoms with Gasteiger partial charge < -0.3 is 14.2 Å². The van der Waals surface area contributed by atoms with Crippen molar-refractivity contribution in [2.75, 3.05) is 43.2 Å². The summed E-state index contributed by atoms with van der Waals surface area (Å²) in [5, 5.41) is 0. The number of nitrogens with one attached hydrogen (secondary N) is 1. The number of anilines is 2. The van der Waals surface area contributed by atoms with Gasteiger partial charge in [0.05, 0.1) is 0 Å². The molecule has 3 fully saturated rings. The first-order valence-electron chi connectivity index (χ1n) is 13.7. The molecule has 0 amide bonds. The Morgan fingerprint density at radius 1 is 1.07 bits per heavy atom. The fourth-order valence-electron chi connectivity index (χ4n) is 5.89. The van der Waals surface area contributed by atoms with Crippen molar-refractivity contribution in [3.8, 4) is 0 Å². The van der Waals surface area contributed by atoms with Crippen molar-refractivity contribution < 1.29 is 22.3 Å². The van der Waals surface area contributed by atoms with Gasteiger partial charge in [-0.25, -0.2) is 28.4 Å². The molecule has 218 valence electrons.